The third-order valence-corrected chi connectivity index (χ3v) is 3.55. The van der Waals surface area contributed by atoms with Crippen LogP contribution in [0.25, 0.3) is 0 Å². The van der Waals surface area contributed by atoms with Crippen LogP contribution in [-0.4, -0.2) is 38.3 Å². The number of benzene rings is 2. The van der Waals surface area contributed by atoms with Crippen LogP contribution in [0.15, 0.2) is 48.5 Å². The molecule has 0 amide bonds. The number of rotatable bonds is 8. The molecule has 0 unspecified atom stereocenters. The summed E-state index contributed by atoms with van der Waals surface area (Å²) >= 11 is 0. The molecule has 2 N–H and O–H groups in total. The Morgan fingerprint density at radius 3 is 2.00 bits per heavy atom. The summed E-state index contributed by atoms with van der Waals surface area (Å²) in [7, 11) is 3.18. The zero-order valence-corrected chi connectivity index (χ0v) is 13.3. The fourth-order valence-electron chi connectivity index (χ4n) is 2.29. The molecule has 0 aromatic heterocycles. The average Bonchev–Trinajstić information content (AvgIpc) is 2.62. The summed E-state index contributed by atoms with van der Waals surface area (Å²) in [6.07, 6.45) is 0. The van der Waals surface area contributed by atoms with Crippen molar-refractivity contribution in [3.8, 4) is 11.5 Å². The Labute approximate surface area is 135 Å². The summed E-state index contributed by atoms with van der Waals surface area (Å²) in [6, 6.07) is 13.8. The standard InChI is InChI=1S/C18H21NO4/c1-22-15-7-3-13(4-8-15)17(19-11-12-20)18(21)14-5-9-16(23-2)10-6-14/h3-10,17,19-20H,11-12H2,1-2H3/t17-/m1/s1. The van der Waals surface area contributed by atoms with E-state index < -0.39 is 6.04 Å². The lowest BCUT2D eigenvalue weighted by atomic mass is 9.97. The number of carbonyl (C=O) groups excluding carboxylic acids is 1. The fraction of sp³-hybridized carbons (Fsp3) is 0.278. The van der Waals surface area contributed by atoms with Crippen molar-refractivity contribution in [3.05, 3.63) is 59.7 Å². The van der Waals surface area contributed by atoms with Gasteiger partial charge in [-0.05, 0) is 42.0 Å². The van der Waals surface area contributed by atoms with E-state index in [9.17, 15) is 4.79 Å². The van der Waals surface area contributed by atoms with E-state index in [4.69, 9.17) is 14.6 Å². The van der Waals surface area contributed by atoms with E-state index in [2.05, 4.69) is 5.32 Å². The number of ether oxygens (including phenoxy) is 2. The lowest BCUT2D eigenvalue weighted by Gasteiger charge is -2.18. The van der Waals surface area contributed by atoms with Gasteiger partial charge in [-0.2, -0.15) is 0 Å². The van der Waals surface area contributed by atoms with Crippen LogP contribution in [0.4, 0.5) is 0 Å². The molecule has 5 heteroatoms. The Morgan fingerprint density at radius 1 is 1.00 bits per heavy atom. The summed E-state index contributed by atoms with van der Waals surface area (Å²) in [5.41, 5.74) is 1.40. The van der Waals surface area contributed by atoms with Crippen molar-refractivity contribution in [2.75, 3.05) is 27.4 Å². The molecule has 2 rings (SSSR count). The van der Waals surface area contributed by atoms with E-state index in [1.807, 2.05) is 24.3 Å². The van der Waals surface area contributed by atoms with Crippen molar-refractivity contribution >= 4 is 5.78 Å². The van der Waals surface area contributed by atoms with Crippen LogP contribution in [0.3, 0.4) is 0 Å². The summed E-state index contributed by atoms with van der Waals surface area (Å²) < 4.78 is 10.3. The first kappa shape index (κ1) is 17.0. The van der Waals surface area contributed by atoms with Gasteiger partial charge in [-0.15, -0.1) is 0 Å². The predicted molar refractivity (Wildman–Crippen MR) is 88.1 cm³/mol. The molecule has 0 fully saturated rings. The van der Waals surface area contributed by atoms with E-state index in [1.165, 1.54) is 0 Å². The van der Waals surface area contributed by atoms with Gasteiger partial charge in [0.15, 0.2) is 5.78 Å². The Balaban J connectivity index is 2.26. The minimum Gasteiger partial charge on any atom is -0.497 e. The smallest absolute Gasteiger partial charge is 0.184 e. The minimum absolute atomic E-state index is 0.0391. The second kappa shape index (κ2) is 8.31. The summed E-state index contributed by atoms with van der Waals surface area (Å²) in [5, 5.41) is 12.1. The lowest BCUT2D eigenvalue weighted by molar-refractivity contribution is 0.0940. The molecule has 0 spiro atoms. The van der Waals surface area contributed by atoms with Gasteiger partial charge in [-0.1, -0.05) is 12.1 Å². The van der Waals surface area contributed by atoms with E-state index in [-0.39, 0.29) is 12.4 Å². The van der Waals surface area contributed by atoms with Gasteiger partial charge < -0.3 is 19.9 Å². The van der Waals surface area contributed by atoms with Crippen LogP contribution >= 0.6 is 0 Å². The van der Waals surface area contributed by atoms with Gasteiger partial charge in [-0.3, -0.25) is 4.79 Å². The first-order valence-corrected chi connectivity index (χ1v) is 7.36. The van der Waals surface area contributed by atoms with Crippen molar-refractivity contribution in [2.45, 2.75) is 6.04 Å². The minimum atomic E-state index is -0.526. The number of carbonyl (C=O) groups is 1. The van der Waals surface area contributed by atoms with Crippen LogP contribution in [-0.2, 0) is 0 Å². The van der Waals surface area contributed by atoms with E-state index in [0.717, 1.165) is 11.3 Å². The van der Waals surface area contributed by atoms with Crippen LogP contribution in [0.1, 0.15) is 22.0 Å². The maximum Gasteiger partial charge on any atom is 0.184 e. The maximum atomic E-state index is 12.8. The highest BCUT2D eigenvalue weighted by Gasteiger charge is 2.21. The molecule has 5 nitrogen and oxygen atoms in total. The first-order valence-electron chi connectivity index (χ1n) is 7.36. The topological polar surface area (TPSA) is 67.8 Å². The second-order valence-corrected chi connectivity index (χ2v) is 4.98. The Bertz CT molecular complexity index is 622. The highest BCUT2D eigenvalue weighted by molar-refractivity contribution is 6.00. The molecule has 122 valence electrons. The lowest BCUT2D eigenvalue weighted by Crippen LogP contribution is -2.31. The van der Waals surface area contributed by atoms with Gasteiger partial charge in [0.1, 0.15) is 11.5 Å². The third kappa shape index (κ3) is 4.31. The molecule has 0 aliphatic rings. The van der Waals surface area contributed by atoms with Crippen molar-refractivity contribution in [1.82, 2.24) is 5.32 Å². The Hall–Kier alpha value is -2.37. The Kier molecular flexibility index (Phi) is 6.14. The molecule has 0 radical (unpaired) electrons. The second-order valence-electron chi connectivity index (χ2n) is 4.98. The molecular weight excluding hydrogens is 294 g/mol. The fourth-order valence-corrected chi connectivity index (χ4v) is 2.29. The number of aliphatic hydroxyl groups excluding tert-OH is 1. The number of ketones is 1. The van der Waals surface area contributed by atoms with Crippen molar-refractivity contribution in [1.29, 1.82) is 0 Å². The number of Topliss-reactive ketones (excluding diaryl/α,β-unsaturated/α-hetero) is 1. The molecule has 0 heterocycles. The molecule has 0 saturated carbocycles. The highest BCUT2D eigenvalue weighted by atomic mass is 16.5. The maximum absolute atomic E-state index is 12.8. The normalized spacial score (nSPS) is 11.8. The van der Waals surface area contributed by atoms with Crippen LogP contribution < -0.4 is 14.8 Å². The molecule has 0 bridgehead atoms. The average molecular weight is 315 g/mol. The van der Waals surface area contributed by atoms with Crippen LogP contribution in [0, 0.1) is 0 Å². The third-order valence-electron chi connectivity index (χ3n) is 3.55. The number of methoxy groups -OCH3 is 2. The molecule has 2 aromatic rings. The van der Waals surface area contributed by atoms with Crippen molar-refractivity contribution < 1.29 is 19.4 Å². The number of hydrogen-bond donors (Lipinski definition) is 2. The van der Waals surface area contributed by atoms with Crippen molar-refractivity contribution in [2.24, 2.45) is 0 Å². The molecule has 2 aromatic carbocycles. The first-order chi connectivity index (χ1) is 11.2. The molecule has 23 heavy (non-hydrogen) atoms. The monoisotopic (exact) mass is 315 g/mol. The molecule has 0 aliphatic heterocycles. The van der Waals surface area contributed by atoms with E-state index >= 15 is 0 Å². The quantitative estimate of drug-likeness (QED) is 0.731. The van der Waals surface area contributed by atoms with Crippen LogP contribution in [0.5, 0.6) is 11.5 Å². The number of nitrogens with one attached hydrogen (secondary N) is 1. The largest absolute Gasteiger partial charge is 0.497 e. The number of hydrogen-bond acceptors (Lipinski definition) is 5. The zero-order valence-electron chi connectivity index (χ0n) is 13.3. The van der Waals surface area contributed by atoms with Gasteiger partial charge in [0, 0.05) is 12.1 Å². The SMILES string of the molecule is COc1ccc(C(=O)[C@H](NCCO)c2ccc(OC)cc2)cc1. The number of aliphatic hydroxyl groups is 1. The van der Waals surface area contributed by atoms with E-state index in [1.54, 1.807) is 38.5 Å². The molecular formula is C18H21NO4. The molecule has 0 aliphatic carbocycles. The summed E-state index contributed by atoms with van der Waals surface area (Å²) in [4.78, 5) is 12.8. The Morgan fingerprint density at radius 2 is 1.52 bits per heavy atom. The van der Waals surface area contributed by atoms with Gasteiger partial charge in [0.25, 0.3) is 0 Å². The highest BCUT2D eigenvalue weighted by Crippen LogP contribution is 2.22. The molecule has 0 saturated heterocycles. The van der Waals surface area contributed by atoms with Gasteiger partial charge in [0.2, 0.25) is 0 Å². The van der Waals surface area contributed by atoms with Gasteiger partial charge >= 0.3 is 0 Å². The molecule has 1 atom stereocenters. The van der Waals surface area contributed by atoms with Crippen molar-refractivity contribution in [3.63, 3.8) is 0 Å². The summed E-state index contributed by atoms with van der Waals surface area (Å²) in [6.45, 7) is 0.293. The van der Waals surface area contributed by atoms with Gasteiger partial charge in [-0.25, -0.2) is 0 Å². The predicted octanol–water partition coefficient (Wildman–Crippen LogP) is 2.21. The van der Waals surface area contributed by atoms with Gasteiger partial charge in [0.05, 0.1) is 26.9 Å². The zero-order chi connectivity index (χ0) is 16.7. The van der Waals surface area contributed by atoms with E-state index in [0.29, 0.717) is 17.9 Å². The summed E-state index contributed by atoms with van der Waals surface area (Å²) in [5.74, 6) is 1.36. The van der Waals surface area contributed by atoms with Crippen LogP contribution in [0.2, 0.25) is 0 Å².